The fourth-order valence-corrected chi connectivity index (χ4v) is 4.80. The molecule has 3 aromatic rings. The van der Waals surface area contributed by atoms with Crippen LogP contribution in [-0.4, -0.2) is 22.0 Å². The van der Waals surface area contributed by atoms with E-state index in [2.05, 4.69) is 15.9 Å². The van der Waals surface area contributed by atoms with Gasteiger partial charge in [0.2, 0.25) is 0 Å². The number of ether oxygens (including phenoxy) is 1. The molecule has 0 saturated carbocycles. The fourth-order valence-electron chi connectivity index (χ4n) is 3.04. The molecular weight excluding hydrogens is 549 g/mol. The molecule has 0 atom stereocenters. The Morgan fingerprint density at radius 1 is 1.00 bits per heavy atom. The lowest BCUT2D eigenvalue weighted by Crippen LogP contribution is -2.27. The Balaban J connectivity index is 1.46. The SMILES string of the molecule is O=C(Oc1ccc(/C=C2\SC(=O)N(Cc3c(Cl)cccc3Cl)C2=O)cc1)c1cccc(Br)c1. The predicted molar refractivity (Wildman–Crippen MR) is 134 cm³/mol. The minimum absolute atomic E-state index is 0.00893. The summed E-state index contributed by atoms with van der Waals surface area (Å²) in [5.41, 5.74) is 1.61. The lowest BCUT2D eigenvalue weighted by molar-refractivity contribution is -0.123. The van der Waals surface area contributed by atoms with Crippen LogP contribution in [0, 0.1) is 0 Å². The molecule has 0 bridgehead atoms. The van der Waals surface area contributed by atoms with E-state index in [0.717, 1.165) is 21.1 Å². The summed E-state index contributed by atoms with van der Waals surface area (Å²) in [7, 11) is 0. The van der Waals surface area contributed by atoms with Crippen molar-refractivity contribution in [2.24, 2.45) is 0 Å². The van der Waals surface area contributed by atoms with Gasteiger partial charge in [0.1, 0.15) is 5.75 Å². The van der Waals surface area contributed by atoms with Gasteiger partial charge in [0, 0.05) is 20.1 Å². The molecule has 1 saturated heterocycles. The van der Waals surface area contributed by atoms with Crippen molar-refractivity contribution in [3.63, 3.8) is 0 Å². The zero-order valence-corrected chi connectivity index (χ0v) is 20.7. The molecule has 1 aliphatic rings. The van der Waals surface area contributed by atoms with Gasteiger partial charge in [-0.3, -0.25) is 14.5 Å². The Hall–Kier alpha value is -2.58. The number of hydrogen-bond donors (Lipinski definition) is 0. The third kappa shape index (κ3) is 5.50. The van der Waals surface area contributed by atoms with Gasteiger partial charge in [-0.2, -0.15) is 0 Å². The molecule has 1 aliphatic heterocycles. The van der Waals surface area contributed by atoms with E-state index < -0.39 is 17.1 Å². The normalized spacial score (nSPS) is 14.8. The van der Waals surface area contributed by atoms with Crippen LogP contribution in [0.4, 0.5) is 4.79 Å². The van der Waals surface area contributed by atoms with E-state index in [0.29, 0.717) is 32.5 Å². The molecular formula is C24H14BrCl2NO4S. The molecule has 5 nitrogen and oxygen atoms in total. The van der Waals surface area contributed by atoms with Crippen molar-refractivity contribution in [1.82, 2.24) is 4.90 Å². The van der Waals surface area contributed by atoms with Crippen molar-refractivity contribution < 1.29 is 19.1 Å². The first-order chi connectivity index (χ1) is 15.8. The van der Waals surface area contributed by atoms with E-state index in [4.69, 9.17) is 27.9 Å². The summed E-state index contributed by atoms with van der Waals surface area (Å²) >= 11 is 16.5. The Labute approximate surface area is 212 Å². The number of benzene rings is 3. The van der Waals surface area contributed by atoms with Crippen LogP contribution in [0.1, 0.15) is 21.5 Å². The van der Waals surface area contributed by atoms with Gasteiger partial charge in [0.25, 0.3) is 11.1 Å². The highest BCUT2D eigenvalue weighted by atomic mass is 79.9. The van der Waals surface area contributed by atoms with Crippen molar-refractivity contribution >= 4 is 74.1 Å². The van der Waals surface area contributed by atoms with E-state index >= 15 is 0 Å². The van der Waals surface area contributed by atoms with Crippen LogP contribution in [0.15, 0.2) is 76.1 Å². The molecule has 0 N–H and O–H groups in total. The quantitative estimate of drug-likeness (QED) is 0.187. The zero-order chi connectivity index (χ0) is 23.5. The second kappa shape index (κ2) is 10.1. The summed E-state index contributed by atoms with van der Waals surface area (Å²) in [6.07, 6.45) is 1.61. The third-order valence-electron chi connectivity index (χ3n) is 4.70. The van der Waals surface area contributed by atoms with Gasteiger partial charge in [0.15, 0.2) is 0 Å². The molecule has 0 spiro atoms. The van der Waals surface area contributed by atoms with Crippen molar-refractivity contribution in [1.29, 1.82) is 0 Å². The highest BCUT2D eigenvalue weighted by Gasteiger charge is 2.35. The maximum absolute atomic E-state index is 12.8. The van der Waals surface area contributed by atoms with Crippen LogP contribution in [0.5, 0.6) is 5.75 Å². The van der Waals surface area contributed by atoms with Crippen LogP contribution in [0.3, 0.4) is 0 Å². The van der Waals surface area contributed by atoms with E-state index in [1.54, 1.807) is 66.7 Å². The molecule has 4 rings (SSSR count). The first-order valence-electron chi connectivity index (χ1n) is 9.58. The van der Waals surface area contributed by atoms with Crippen LogP contribution in [0.2, 0.25) is 10.0 Å². The number of nitrogens with zero attached hydrogens (tertiary/aromatic N) is 1. The first kappa shape index (κ1) is 23.6. The number of esters is 1. The van der Waals surface area contributed by atoms with E-state index in [9.17, 15) is 14.4 Å². The minimum atomic E-state index is -0.483. The lowest BCUT2D eigenvalue weighted by Gasteiger charge is -2.14. The average Bonchev–Trinajstić information content (AvgIpc) is 3.04. The van der Waals surface area contributed by atoms with Crippen LogP contribution in [-0.2, 0) is 11.3 Å². The Morgan fingerprint density at radius 2 is 1.67 bits per heavy atom. The smallest absolute Gasteiger partial charge is 0.343 e. The maximum atomic E-state index is 12.8. The molecule has 0 radical (unpaired) electrons. The van der Waals surface area contributed by atoms with Gasteiger partial charge < -0.3 is 4.74 Å². The number of thioether (sulfide) groups is 1. The second-order valence-corrected chi connectivity index (χ2v) is 9.66. The molecule has 0 aromatic heterocycles. The molecule has 2 amide bonds. The van der Waals surface area contributed by atoms with Gasteiger partial charge in [-0.05, 0) is 65.9 Å². The first-order valence-corrected chi connectivity index (χ1v) is 11.9. The second-order valence-electron chi connectivity index (χ2n) is 6.94. The number of imide groups is 1. The summed E-state index contributed by atoms with van der Waals surface area (Å²) in [6.45, 7) is -0.00893. The molecule has 0 unspecified atom stereocenters. The van der Waals surface area contributed by atoms with Gasteiger partial charge in [-0.1, -0.05) is 63.4 Å². The van der Waals surface area contributed by atoms with Crippen molar-refractivity contribution in [2.75, 3.05) is 0 Å². The monoisotopic (exact) mass is 561 g/mol. The van der Waals surface area contributed by atoms with Crippen LogP contribution in [0.25, 0.3) is 6.08 Å². The van der Waals surface area contributed by atoms with E-state index in [-0.39, 0.29) is 11.4 Å². The summed E-state index contributed by atoms with van der Waals surface area (Å²) in [5.74, 6) is -0.548. The summed E-state index contributed by atoms with van der Waals surface area (Å²) < 4.78 is 6.16. The number of carbonyl (C=O) groups excluding carboxylic acids is 3. The molecule has 9 heteroatoms. The molecule has 3 aromatic carbocycles. The van der Waals surface area contributed by atoms with Crippen LogP contribution >= 0.6 is 50.9 Å². The van der Waals surface area contributed by atoms with Crippen molar-refractivity contribution in [3.05, 3.63) is 103 Å². The fraction of sp³-hybridized carbons (Fsp3) is 0.0417. The van der Waals surface area contributed by atoms with Gasteiger partial charge >= 0.3 is 5.97 Å². The molecule has 1 heterocycles. The van der Waals surface area contributed by atoms with E-state index in [1.165, 1.54) is 0 Å². The number of halogens is 3. The Morgan fingerprint density at radius 3 is 2.33 bits per heavy atom. The maximum Gasteiger partial charge on any atom is 0.343 e. The van der Waals surface area contributed by atoms with Gasteiger partial charge in [-0.25, -0.2) is 4.79 Å². The standard InChI is InChI=1S/C24H14BrCl2NO4S/c25-16-4-1-3-15(12-16)23(30)32-17-9-7-14(8-10-17)11-21-22(29)28(24(31)33-21)13-18-19(26)5-2-6-20(18)27/h1-12H,13H2/b21-11-. The van der Waals surface area contributed by atoms with Gasteiger partial charge in [0.05, 0.1) is 17.0 Å². The molecule has 1 fully saturated rings. The Kier molecular flexibility index (Phi) is 7.24. The number of rotatable bonds is 5. The minimum Gasteiger partial charge on any atom is -0.423 e. The molecule has 33 heavy (non-hydrogen) atoms. The van der Waals surface area contributed by atoms with Gasteiger partial charge in [-0.15, -0.1) is 0 Å². The molecule has 0 aliphatic carbocycles. The summed E-state index contributed by atoms with van der Waals surface area (Å²) in [5, 5.41) is 0.374. The van der Waals surface area contributed by atoms with Crippen molar-refractivity contribution in [3.8, 4) is 5.75 Å². The number of hydrogen-bond acceptors (Lipinski definition) is 5. The summed E-state index contributed by atoms with van der Waals surface area (Å²) in [4.78, 5) is 38.9. The van der Waals surface area contributed by atoms with Crippen molar-refractivity contribution in [2.45, 2.75) is 6.54 Å². The molecule has 166 valence electrons. The number of amides is 2. The Bertz CT molecular complexity index is 1270. The zero-order valence-electron chi connectivity index (χ0n) is 16.8. The highest BCUT2D eigenvalue weighted by molar-refractivity contribution is 9.10. The van der Waals surface area contributed by atoms with E-state index in [1.807, 2.05) is 6.07 Å². The number of carbonyl (C=O) groups is 3. The average molecular weight is 563 g/mol. The predicted octanol–water partition coefficient (Wildman–Crippen LogP) is 7.21. The third-order valence-corrected chi connectivity index (χ3v) is 6.81. The highest BCUT2D eigenvalue weighted by Crippen LogP contribution is 2.35. The largest absolute Gasteiger partial charge is 0.423 e. The lowest BCUT2D eigenvalue weighted by atomic mass is 10.2. The topological polar surface area (TPSA) is 63.7 Å². The van der Waals surface area contributed by atoms with Crippen LogP contribution < -0.4 is 4.74 Å². The summed E-state index contributed by atoms with van der Waals surface area (Å²) in [6, 6.07) is 18.5.